The Balaban J connectivity index is 3.22. The number of nitro groups is 1. The number of nitrogens with zero attached hydrogens (tertiary/aromatic N) is 4. The van der Waals surface area contributed by atoms with Crippen molar-refractivity contribution in [3.8, 4) is 0 Å². The van der Waals surface area contributed by atoms with Crippen LogP contribution in [0, 0.1) is 10.1 Å². The Morgan fingerprint density at radius 1 is 1.47 bits per heavy atom. The van der Waals surface area contributed by atoms with E-state index in [-0.39, 0.29) is 6.54 Å². The zero-order chi connectivity index (χ0) is 14.6. The monoisotopic (exact) mass is 279 g/mol. The highest BCUT2D eigenvalue weighted by molar-refractivity contribution is 5.68. The van der Waals surface area contributed by atoms with E-state index in [0.717, 1.165) is 11.2 Å². The van der Waals surface area contributed by atoms with E-state index in [0.29, 0.717) is 6.42 Å². The molecule has 0 atom stereocenters. The molecular formula is C9H12F3N5O2. The van der Waals surface area contributed by atoms with Crippen LogP contribution in [-0.2, 0) is 0 Å². The average Bonchev–Trinajstić information content (AvgIpc) is 2.25. The molecule has 0 fully saturated rings. The van der Waals surface area contributed by atoms with Crippen LogP contribution in [0.1, 0.15) is 13.3 Å². The quantitative estimate of drug-likeness (QED) is 0.651. The maximum Gasteiger partial charge on any atom is 0.405 e. The second kappa shape index (κ2) is 5.67. The summed E-state index contributed by atoms with van der Waals surface area (Å²) in [6, 6.07) is 0. The van der Waals surface area contributed by atoms with Gasteiger partial charge in [0.2, 0.25) is 11.6 Å². The van der Waals surface area contributed by atoms with Crippen LogP contribution in [-0.4, -0.2) is 34.2 Å². The Bertz CT molecular complexity index is 466. The number of rotatable bonds is 5. The topological polar surface area (TPSA) is 98.2 Å². The highest BCUT2D eigenvalue weighted by atomic mass is 19.4. The van der Waals surface area contributed by atoms with Gasteiger partial charge in [0.25, 0.3) is 0 Å². The van der Waals surface area contributed by atoms with Crippen molar-refractivity contribution in [2.45, 2.75) is 19.5 Å². The van der Waals surface area contributed by atoms with Crippen LogP contribution in [0.5, 0.6) is 0 Å². The molecule has 1 aromatic heterocycles. The molecule has 0 aliphatic rings. The summed E-state index contributed by atoms with van der Waals surface area (Å²) in [5.74, 6) is -0.880. The van der Waals surface area contributed by atoms with Gasteiger partial charge in [0.15, 0.2) is 0 Å². The molecule has 106 valence electrons. The van der Waals surface area contributed by atoms with Crippen molar-refractivity contribution < 1.29 is 18.1 Å². The maximum atomic E-state index is 12.5. The van der Waals surface area contributed by atoms with E-state index in [1.54, 1.807) is 6.92 Å². The first-order valence-electron chi connectivity index (χ1n) is 5.32. The number of hydrogen-bond donors (Lipinski definition) is 1. The molecular weight excluding hydrogens is 267 g/mol. The summed E-state index contributed by atoms with van der Waals surface area (Å²) in [7, 11) is 0. The van der Waals surface area contributed by atoms with Gasteiger partial charge in [-0.3, -0.25) is 10.1 Å². The Morgan fingerprint density at radius 2 is 2.11 bits per heavy atom. The number of aromatic nitrogens is 2. The molecule has 0 saturated carbocycles. The fourth-order valence-corrected chi connectivity index (χ4v) is 1.54. The van der Waals surface area contributed by atoms with Gasteiger partial charge < -0.3 is 10.6 Å². The van der Waals surface area contributed by atoms with Crippen molar-refractivity contribution in [2.24, 2.45) is 0 Å². The third-order valence-corrected chi connectivity index (χ3v) is 2.18. The number of anilines is 2. The molecule has 0 spiro atoms. The zero-order valence-corrected chi connectivity index (χ0v) is 10.0. The average molecular weight is 279 g/mol. The lowest BCUT2D eigenvalue weighted by molar-refractivity contribution is -0.383. The van der Waals surface area contributed by atoms with Gasteiger partial charge in [0.1, 0.15) is 12.9 Å². The van der Waals surface area contributed by atoms with Crippen molar-refractivity contribution in [3.05, 3.63) is 16.4 Å². The predicted octanol–water partition coefficient (Wildman–Crippen LogP) is 1.75. The van der Waals surface area contributed by atoms with Gasteiger partial charge in [-0.25, -0.2) is 9.97 Å². The summed E-state index contributed by atoms with van der Waals surface area (Å²) >= 11 is 0. The van der Waals surface area contributed by atoms with E-state index in [4.69, 9.17) is 5.73 Å². The van der Waals surface area contributed by atoms with E-state index in [1.165, 1.54) is 0 Å². The second-order valence-electron chi connectivity index (χ2n) is 3.72. The lowest BCUT2D eigenvalue weighted by Gasteiger charge is -2.23. The fraction of sp³-hybridized carbons (Fsp3) is 0.556. The van der Waals surface area contributed by atoms with Crippen LogP contribution in [0.2, 0.25) is 0 Å². The van der Waals surface area contributed by atoms with Crippen molar-refractivity contribution in [3.63, 3.8) is 0 Å². The lowest BCUT2D eigenvalue weighted by atomic mass is 10.3. The Morgan fingerprint density at radius 3 is 2.58 bits per heavy atom. The molecule has 1 heterocycles. The molecule has 19 heavy (non-hydrogen) atoms. The lowest BCUT2D eigenvalue weighted by Crippen LogP contribution is -2.36. The van der Waals surface area contributed by atoms with E-state index in [9.17, 15) is 23.3 Å². The number of hydrogen-bond acceptors (Lipinski definition) is 6. The molecule has 0 radical (unpaired) electrons. The van der Waals surface area contributed by atoms with Crippen LogP contribution < -0.4 is 10.6 Å². The number of nitrogen functional groups attached to an aromatic ring is 1. The van der Waals surface area contributed by atoms with Gasteiger partial charge in [-0.15, -0.1) is 0 Å². The Kier molecular flexibility index (Phi) is 4.46. The molecule has 0 aliphatic carbocycles. The summed E-state index contributed by atoms with van der Waals surface area (Å²) in [5.41, 5.74) is 4.61. The molecule has 1 rings (SSSR count). The minimum atomic E-state index is -4.50. The second-order valence-corrected chi connectivity index (χ2v) is 3.72. The third kappa shape index (κ3) is 3.93. The van der Waals surface area contributed by atoms with Gasteiger partial charge in [0.05, 0.1) is 4.92 Å². The van der Waals surface area contributed by atoms with E-state index in [1.807, 2.05) is 0 Å². The molecule has 2 N–H and O–H groups in total. The zero-order valence-electron chi connectivity index (χ0n) is 10.0. The Hall–Kier alpha value is -2.13. The summed E-state index contributed by atoms with van der Waals surface area (Å²) < 4.78 is 37.4. The van der Waals surface area contributed by atoms with Crippen LogP contribution in [0.4, 0.5) is 30.5 Å². The summed E-state index contributed by atoms with van der Waals surface area (Å²) in [6.45, 7) is 0.286. The molecule has 0 amide bonds. The summed E-state index contributed by atoms with van der Waals surface area (Å²) in [5, 5.41) is 10.9. The van der Waals surface area contributed by atoms with Crippen molar-refractivity contribution in [2.75, 3.05) is 23.7 Å². The molecule has 0 saturated heterocycles. The van der Waals surface area contributed by atoms with Gasteiger partial charge in [-0.05, 0) is 6.42 Å². The van der Waals surface area contributed by atoms with Crippen LogP contribution in [0.3, 0.4) is 0 Å². The molecule has 0 aliphatic heterocycles. The standard InChI is InChI=1S/C9H12F3N5O2/c1-2-3-16(4-9(10,11)12)8-6(17(18)19)7(13)14-5-15-8/h5H,2-4H2,1H3,(H2,13,14,15). The van der Waals surface area contributed by atoms with Crippen LogP contribution in [0.15, 0.2) is 6.33 Å². The van der Waals surface area contributed by atoms with Gasteiger partial charge in [-0.2, -0.15) is 13.2 Å². The van der Waals surface area contributed by atoms with Crippen LogP contribution >= 0.6 is 0 Å². The van der Waals surface area contributed by atoms with E-state index < -0.39 is 35.0 Å². The molecule has 1 aromatic rings. The van der Waals surface area contributed by atoms with E-state index in [2.05, 4.69) is 9.97 Å². The van der Waals surface area contributed by atoms with Crippen molar-refractivity contribution in [1.29, 1.82) is 0 Å². The predicted molar refractivity (Wildman–Crippen MR) is 61.7 cm³/mol. The van der Waals surface area contributed by atoms with Gasteiger partial charge in [0, 0.05) is 6.54 Å². The number of halogens is 3. The minimum absolute atomic E-state index is 0.0309. The molecule has 0 unspecified atom stereocenters. The van der Waals surface area contributed by atoms with Crippen molar-refractivity contribution in [1.82, 2.24) is 9.97 Å². The first-order valence-corrected chi connectivity index (χ1v) is 5.32. The third-order valence-electron chi connectivity index (χ3n) is 2.18. The molecule has 7 nitrogen and oxygen atoms in total. The van der Waals surface area contributed by atoms with E-state index >= 15 is 0 Å². The smallest absolute Gasteiger partial charge is 0.378 e. The SMILES string of the molecule is CCCN(CC(F)(F)F)c1ncnc(N)c1[N+](=O)[O-]. The minimum Gasteiger partial charge on any atom is -0.378 e. The fourth-order valence-electron chi connectivity index (χ4n) is 1.54. The Labute approximate surface area is 106 Å². The summed E-state index contributed by atoms with van der Waals surface area (Å²) in [4.78, 5) is 17.7. The number of nitrogens with two attached hydrogens (primary N) is 1. The van der Waals surface area contributed by atoms with Crippen molar-refractivity contribution >= 4 is 17.3 Å². The number of alkyl halides is 3. The molecule has 0 aromatic carbocycles. The molecule has 0 bridgehead atoms. The highest BCUT2D eigenvalue weighted by Crippen LogP contribution is 2.31. The first kappa shape index (κ1) is 14.9. The largest absolute Gasteiger partial charge is 0.405 e. The summed E-state index contributed by atoms with van der Waals surface area (Å²) in [6.07, 6.45) is -3.23. The van der Waals surface area contributed by atoms with Gasteiger partial charge >= 0.3 is 11.9 Å². The van der Waals surface area contributed by atoms with Crippen LogP contribution in [0.25, 0.3) is 0 Å². The van der Waals surface area contributed by atoms with Gasteiger partial charge in [-0.1, -0.05) is 6.92 Å². The normalized spacial score (nSPS) is 11.4. The highest BCUT2D eigenvalue weighted by Gasteiger charge is 2.34. The molecule has 10 heteroatoms. The maximum absolute atomic E-state index is 12.5. The first-order chi connectivity index (χ1) is 8.76.